The Morgan fingerprint density at radius 3 is 0.859 bits per heavy atom. The van der Waals surface area contributed by atoms with Crippen LogP contribution >= 0.6 is 0 Å². The minimum Gasteiger partial charge on any atom is -0.457 e. The maximum Gasteiger partial charge on any atom is 0.206 e. The first-order valence-electron chi connectivity index (χ1n) is 21.2. The van der Waals surface area contributed by atoms with E-state index >= 15 is 0 Å². The molecule has 0 fully saturated rings. The van der Waals surface area contributed by atoms with Gasteiger partial charge in [-0.25, -0.2) is 16.8 Å². The molecule has 0 aliphatic rings. The van der Waals surface area contributed by atoms with Crippen molar-refractivity contribution in [2.24, 2.45) is 0 Å². The van der Waals surface area contributed by atoms with E-state index in [1.807, 2.05) is 88.4 Å². The van der Waals surface area contributed by atoms with Crippen LogP contribution in [0.2, 0.25) is 0 Å². The lowest BCUT2D eigenvalue weighted by molar-refractivity contribution is 0.482. The summed E-state index contributed by atoms with van der Waals surface area (Å²) in [6.07, 6.45) is 1.03. The van der Waals surface area contributed by atoms with Crippen LogP contribution in [-0.2, 0) is 26.1 Å². The van der Waals surface area contributed by atoms with Crippen LogP contribution in [-0.4, -0.2) is 16.8 Å². The Morgan fingerprint density at radius 1 is 0.297 bits per heavy atom. The van der Waals surface area contributed by atoms with Crippen LogP contribution in [0, 0.1) is 55.4 Å². The third-order valence-electron chi connectivity index (χ3n) is 10.2. The van der Waals surface area contributed by atoms with Gasteiger partial charge in [-0.2, -0.15) is 0 Å². The lowest BCUT2D eigenvalue weighted by Gasteiger charge is -2.06. The van der Waals surface area contributed by atoms with Crippen molar-refractivity contribution in [3.05, 3.63) is 250 Å². The molecule has 328 valence electrons. The molecule has 0 N–H and O–H groups in total. The molecule has 0 radical (unpaired) electrons. The molecule has 5 nitrogen and oxygen atoms in total. The fourth-order valence-corrected chi connectivity index (χ4v) is 9.00. The molecule has 0 heterocycles. The number of ether oxygens (including phenoxy) is 1. The molecule has 64 heavy (non-hydrogen) atoms. The average molecular weight is 887 g/mol. The summed E-state index contributed by atoms with van der Waals surface area (Å²) >= 11 is 0. The van der Waals surface area contributed by atoms with Crippen LogP contribution < -0.4 is 4.74 Å². The zero-order valence-electron chi connectivity index (χ0n) is 38.0. The van der Waals surface area contributed by atoms with Crippen LogP contribution in [0.15, 0.2) is 214 Å². The van der Waals surface area contributed by atoms with Crippen molar-refractivity contribution in [1.82, 2.24) is 0 Å². The Hall–Kier alpha value is -6.54. The van der Waals surface area contributed by atoms with Gasteiger partial charge in [-0.1, -0.05) is 155 Å². The van der Waals surface area contributed by atoms with Gasteiger partial charge in [0, 0.05) is 0 Å². The molecular formula is C57H58O5S2. The van der Waals surface area contributed by atoms with Crippen molar-refractivity contribution < 1.29 is 21.6 Å². The molecule has 0 aromatic heterocycles. The van der Waals surface area contributed by atoms with Crippen LogP contribution in [0.1, 0.15) is 55.6 Å². The molecule has 0 aliphatic heterocycles. The molecular weight excluding hydrogens is 829 g/mol. The van der Waals surface area contributed by atoms with Gasteiger partial charge in [0.1, 0.15) is 11.5 Å². The van der Waals surface area contributed by atoms with E-state index in [-0.39, 0.29) is 0 Å². The van der Waals surface area contributed by atoms with Gasteiger partial charge in [0.15, 0.2) is 0 Å². The first kappa shape index (κ1) is 48.5. The summed E-state index contributed by atoms with van der Waals surface area (Å²) in [5.41, 5.74) is 11.9. The molecule has 0 atom stereocenters. The molecule has 0 unspecified atom stereocenters. The Labute approximate surface area is 381 Å². The predicted molar refractivity (Wildman–Crippen MR) is 263 cm³/mol. The molecule has 8 rings (SSSR count). The Morgan fingerprint density at radius 2 is 0.562 bits per heavy atom. The highest BCUT2D eigenvalue weighted by molar-refractivity contribution is 7.91. The van der Waals surface area contributed by atoms with E-state index in [1.165, 1.54) is 33.4 Å². The van der Waals surface area contributed by atoms with E-state index in [0.29, 0.717) is 19.6 Å². The van der Waals surface area contributed by atoms with Crippen LogP contribution in [0.25, 0.3) is 0 Å². The van der Waals surface area contributed by atoms with Crippen molar-refractivity contribution in [2.45, 2.75) is 81.4 Å². The minimum atomic E-state index is -3.38. The highest BCUT2D eigenvalue weighted by atomic mass is 32.2. The van der Waals surface area contributed by atoms with Crippen molar-refractivity contribution >= 4 is 19.7 Å². The molecule has 8 aromatic carbocycles. The third kappa shape index (κ3) is 14.8. The van der Waals surface area contributed by atoms with Gasteiger partial charge in [-0.05, 0) is 157 Å². The van der Waals surface area contributed by atoms with E-state index in [0.717, 1.165) is 40.2 Å². The molecule has 0 spiro atoms. The van der Waals surface area contributed by atoms with Gasteiger partial charge in [-0.3, -0.25) is 0 Å². The van der Waals surface area contributed by atoms with Crippen molar-refractivity contribution in [2.75, 3.05) is 0 Å². The Kier molecular flexibility index (Phi) is 17.2. The summed E-state index contributed by atoms with van der Waals surface area (Å²) in [5.74, 6) is 1.76. The largest absolute Gasteiger partial charge is 0.457 e. The maximum atomic E-state index is 12.3. The van der Waals surface area contributed by atoms with Gasteiger partial charge in [0.2, 0.25) is 19.7 Å². The zero-order valence-corrected chi connectivity index (χ0v) is 39.7. The quantitative estimate of drug-likeness (QED) is 0.152. The third-order valence-corrected chi connectivity index (χ3v) is 13.7. The van der Waals surface area contributed by atoms with E-state index < -0.39 is 19.7 Å². The first-order valence-corrected chi connectivity index (χ1v) is 24.1. The normalized spacial score (nSPS) is 10.8. The fourth-order valence-electron chi connectivity index (χ4n) is 6.27. The first-order chi connectivity index (χ1) is 30.5. The fraction of sp³-hybridized carbons (Fsp3) is 0.158. The molecule has 0 amide bonds. The lowest BCUT2D eigenvalue weighted by atomic mass is 10.0. The monoisotopic (exact) mass is 886 g/mol. The van der Waals surface area contributed by atoms with Crippen LogP contribution in [0.3, 0.4) is 0 Å². The standard InChI is InChI=1S/C15H16.2C14H14O2S.C14H14O/c1-12-3-7-14(8-4-12)11-15-9-5-13(2)6-10-15;1-11-3-7-13(8-4-11)17(15,16)14-9-5-12(2)6-10-14;1-11-5-3-7-13(9-11)17(15,16)14-8-4-6-12(2)10-14;1-11-3-7-13(8-4-11)15-14-9-5-12(2)6-10-14/h3-10H,11H2,1-2H3;2*3-10H,1-2H3;3-10H,1-2H3. The van der Waals surface area contributed by atoms with Gasteiger partial charge in [-0.15, -0.1) is 0 Å². The van der Waals surface area contributed by atoms with Gasteiger partial charge in [0.05, 0.1) is 19.6 Å². The molecule has 0 saturated carbocycles. The molecule has 7 heteroatoms. The number of benzene rings is 8. The number of hydrogen-bond acceptors (Lipinski definition) is 5. The average Bonchev–Trinajstić information content (AvgIpc) is 3.28. The number of sulfone groups is 2. The SMILES string of the molecule is Cc1ccc(Cc2ccc(C)cc2)cc1.Cc1ccc(Oc2ccc(C)cc2)cc1.Cc1ccc(S(=O)(=O)c2ccc(C)cc2)cc1.Cc1cccc(S(=O)(=O)c2cccc(C)c2)c1. The summed E-state index contributed by atoms with van der Waals surface area (Å²) < 4.78 is 54.9. The van der Waals surface area contributed by atoms with E-state index in [4.69, 9.17) is 4.74 Å². The predicted octanol–water partition coefficient (Wildman–Crippen LogP) is 14.3. The highest BCUT2D eigenvalue weighted by Crippen LogP contribution is 2.24. The Balaban J connectivity index is 0.000000161. The van der Waals surface area contributed by atoms with Gasteiger partial charge < -0.3 is 4.74 Å². The van der Waals surface area contributed by atoms with Gasteiger partial charge in [0.25, 0.3) is 0 Å². The second-order valence-corrected chi connectivity index (χ2v) is 20.0. The maximum absolute atomic E-state index is 12.3. The molecule has 0 aliphatic carbocycles. The second kappa shape index (κ2) is 22.7. The van der Waals surface area contributed by atoms with Crippen molar-refractivity contribution in [3.63, 3.8) is 0 Å². The smallest absolute Gasteiger partial charge is 0.206 e. The second-order valence-electron chi connectivity index (χ2n) is 16.1. The highest BCUT2D eigenvalue weighted by Gasteiger charge is 2.18. The molecule has 0 saturated heterocycles. The summed E-state index contributed by atoms with van der Waals surface area (Å²) in [6.45, 7) is 16.0. The zero-order chi connectivity index (χ0) is 46.3. The van der Waals surface area contributed by atoms with Crippen molar-refractivity contribution in [3.8, 4) is 11.5 Å². The van der Waals surface area contributed by atoms with Gasteiger partial charge >= 0.3 is 0 Å². The van der Waals surface area contributed by atoms with E-state index in [2.05, 4.69) is 76.2 Å². The number of hydrogen-bond donors (Lipinski definition) is 0. The lowest BCUT2D eigenvalue weighted by Crippen LogP contribution is -2.02. The number of aryl methyl sites for hydroxylation is 8. The van der Waals surface area contributed by atoms with E-state index in [9.17, 15) is 16.8 Å². The minimum absolute atomic E-state index is 0.340. The summed E-state index contributed by atoms with van der Waals surface area (Å²) in [4.78, 5) is 1.38. The number of rotatable bonds is 8. The molecule has 0 bridgehead atoms. The molecule has 8 aromatic rings. The summed E-state index contributed by atoms with van der Waals surface area (Å²) in [6, 6.07) is 61.3. The van der Waals surface area contributed by atoms with Crippen LogP contribution in [0.5, 0.6) is 11.5 Å². The Bertz CT molecular complexity index is 2640. The topological polar surface area (TPSA) is 77.5 Å². The summed E-state index contributed by atoms with van der Waals surface area (Å²) in [7, 11) is -6.76. The summed E-state index contributed by atoms with van der Waals surface area (Å²) in [5, 5.41) is 0. The van der Waals surface area contributed by atoms with Crippen molar-refractivity contribution in [1.29, 1.82) is 0 Å². The van der Waals surface area contributed by atoms with E-state index in [1.54, 1.807) is 84.9 Å². The van der Waals surface area contributed by atoms with Crippen LogP contribution in [0.4, 0.5) is 0 Å².